The molecule has 0 aromatic carbocycles. The zero-order valence-electron chi connectivity index (χ0n) is 17.4. The maximum atomic E-state index is 5.94. The van der Waals surface area contributed by atoms with E-state index in [1.165, 1.54) is 38.5 Å². The lowest BCUT2D eigenvalue weighted by Gasteiger charge is -2.34. The number of aromatic nitrogens is 2. The van der Waals surface area contributed by atoms with Gasteiger partial charge in [-0.15, -0.1) is 24.0 Å². The van der Waals surface area contributed by atoms with Crippen molar-refractivity contribution in [3.8, 4) is 0 Å². The minimum atomic E-state index is 0. The van der Waals surface area contributed by atoms with Gasteiger partial charge in [-0.1, -0.05) is 39.0 Å². The minimum absolute atomic E-state index is 0. The highest BCUT2D eigenvalue weighted by atomic mass is 127. The molecule has 0 bridgehead atoms. The molecule has 0 radical (unpaired) electrons. The summed E-state index contributed by atoms with van der Waals surface area (Å²) in [5.74, 6) is 1.43. The number of halogens is 1. The summed E-state index contributed by atoms with van der Waals surface area (Å²) in [6, 6.07) is 1.86. The zero-order chi connectivity index (χ0) is 19.2. The van der Waals surface area contributed by atoms with Crippen molar-refractivity contribution in [2.75, 3.05) is 50.7 Å². The third kappa shape index (κ3) is 10.4. The molecule has 160 valence electrons. The molecule has 2 rings (SSSR count). The van der Waals surface area contributed by atoms with Crippen molar-refractivity contribution >= 4 is 35.9 Å². The summed E-state index contributed by atoms with van der Waals surface area (Å²) in [5, 5.41) is 3.23. The number of nitrogens with two attached hydrogens (primary N) is 1. The first-order valence-corrected chi connectivity index (χ1v) is 10.6. The minimum Gasteiger partial charge on any atom is -0.370 e. The van der Waals surface area contributed by atoms with Gasteiger partial charge in [0, 0.05) is 58.2 Å². The molecule has 0 saturated carbocycles. The van der Waals surface area contributed by atoms with Crippen LogP contribution in [0.2, 0.25) is 0 Å². The maximum absolute atomic E-state index is 5.94. The molecule has 1 aliphatic heterocycles. The van der Waals surface area contributed by atoms with E-state index in [0.29, 0.717) is 5.96 Å². The Morgan fingerprint density at radius 3 is 2.43 bits per heavy atom. The van der Waals surface area contributed by atoms with E-state index in [0.717, 1.165) is 58.2 Å². The molecule has 8 heteroatoms. The van der Waals surface area contributed by atoms with Crippen LogP contribution in [0.15, 0.2) is 23.5 Å². The molecule has 0 unspecified atom stereocenters. The van der Waals surface area contributed by atoms with Gasteiger partial charge in [-0.2, -0.15) is 0 Å². The first kappa shape index (κ1) is 24.9. The van der Waals surface area contributed by atoms with Crippen LogP contribution in [-0.4, -0.2) is 66.6 Å². The van der Waals surface area contributed by atoms with E-state index < -0.39 is 0 Å². The third-order valence-corrected chi connectivity index (χ3v) is 4.96. The molecule has 0 aliphatic carbocycles. The van der Waals surface area contributed by atoms with E-state index in [-0.39, 0.29) is 24.0 Å². The molecule has 2 heterocycles. The second-order valence-corrected chi connectivity index (χ2v) is 7.19. The van der Waals surface area contributed by atoms with Gasteiger partial charge >= 0.3 is 0 Å². The van der Waals surface area contributed by atoms with Crippen LogP contribution in [0.25, 0.3) is 0 Å². The average molecular weight is 503 g/mol. The molecule has 3 N–H and O–H groups in total. The first-order chi connectivity index (χ1) is 13.3. The number of nitrogens with one attached hydrogen (secondary N) is 1. The zero-order valence-corrected chi connectivity index (χ0v) is 19.7. The van der Waals surface area contributed by atoms with Gasteiger partial charge in [0.15, 0.2) is 5.96 Å². The van der Waals surface area contributed by atoms with Crippen molar-refractivity contribution in [3.63, 3.8) is 0 Å². The number of anilines is 1. The highest BCUT2D eigenvalue weighted by molar-refractivity contribution is 14.0. The van der Waals surface area contributed by atoms with Gasteiger partial charge in [-0.3, -0.25) is 9.89 Å². The van der Waals surface area contributed by atoms with Crippen molar-refractivity contribution in [2.24, 2.45) is 10.7 Å². The van der Waals surface area contributed by atoms with E-state index in [1.807, 2.05) is 6.07 Å². The molecule has 0 amide bonds. The second kappa shape index (κ2) is 15.7. The SMILES string of the molecule is CCCCCCCCNC(N)=NCCCN1CCN(c2ncccn2)CC1.I. The normalized spacial score (nSPS) is 15.3. The van der Waals surface area contributed by atoms with Crippen molar-refractivity contribution in [1.82, 2.24) is 20.2 Å². The second-order valence-electron chi connectivity index (χ2n) is 7.19. The van der Waals surface area contributed by atoms with E-state index in [9.17, 15) is 0 Å². The fraction of sp³-hybridized carbons (Fsp3) is 0.750. The maximum Gasteiger partial charge on any atom is 0.225 e. The van der Waals surface area contributed by atoms with Gasteiger partial charge in [0.25, 0.3) is 0 Å². The molecule has 1 aromatic heterocycles. The molecule has 7 nitrogen and oxygen atoms in total. The van der Waals surface area contributed by atoms with E-state index in [2.05, 4.69) is 37.0 Å². The van der Waals surface area contributed by atoms with Crippen LogP contribution in [0.5, 0.6) is 0 Å². The largest absolute Gasteiger partial charge is 0.370 e. The predicted octanol–water partition coefficient (Wildman–Crippen LogP) is 2.87. The van der Waals surface area contributed by atoms with Crippen molar-refractivity contribution in [1.29, 1.82) is 0 Å². The summed E-state index contributed by atoms with van der Waals surface area (Å²) in [7, 11) is 0. The van der Waals surface area contributed by atoms with Crippen molar-refractivity contribution in [3.05, 3.63) is 18.5 Å². The van der Waals surface area contributed by atoms with Gasteiger partial charge in [0.2, 0.25) is 5.95 Å². The van der Waals surface area contributed by atoms with Crippen LogP contribution in [0.1, 0.15) is 51.9 Å². The molecule has 1 aromatic rings. The highest BCUT2D eigenvalue weighted by Gasteiger charge is 2.17. The van der Waals surface area contributed by atoms with Crippen LogP contribution >= 0.6 is 24.0 Å². The average Bonchev–Trinajstić information content (AvgIpc) is 2.72. The van der Waals surface area contributed by atoms with Gasteiger partial charge < -0.3 is 16.0 Å². The van der Waals surface area contributed by atoms with Gasteiger partial charge in [-0.05, 0) is 18.9 Å². The van der Waals surface area contributed by atoms with E-state index in [4.69, 9.17) is 5.73 Å². The number of guanidine groups is 1. The summed E-state index contributed by atoms with van der Waals surface area (Å²) in [6.07, 6.45) is 12.4. The number of hydrogen-bond donors (Lipinski definition) is 2. The Morgan fingerprint density at radius 1 is 1.04 bits per heavy atom. The molecule has 0 spiro atoms. The Morgan fingerprint density at radius 2 is 1.71 bits per heavy atom. The summed E-state index contributed by atoms with van der Waals surface area (Å²) < 4.78 is 0. The van der Waals surface area contributed by atoms with Crippen molar-refractivity contribution in [2.45, 2.75) is 51.9 Å². The Labute approximate surface area is 187 Å². The molecular formula is C20H38IN7. The molecular weight excluding hydrogens is 465 g/mol. The molecule has 0 atom stereocenters. The van der Waals surface area contributed by atoms with Crippen LogP contribution in [-0.2, 0) is 0 Å². The van der Waals surface area contributed by atoms with Gasteiger partial charge in [-0.25, -0.2) is 9.97 Å². The lowest BCUT2D eigenvalue weighted by atomic mass is 10.1. The quantitative estimate of drug-likeness (QED) is 0.198. The van der Waals surface area contributed by atoms with Crippen LogP contribution in [0.4, 0.5) is 5.95 Å². The monoisotopic (exact) mass is 503 g/mol. The molecule has 28 heavy (non-hydrogen) atoms. The van der Waals surface area contributed by atoms with Gasteiger partial charge in [0.05, 0.1) is 0 Å². The summed E-state index contributed by atoms with van der Waals surface area (Å²) >= 11 is 0. The fourth-order valence-electron chi connectivity index (χ4n) is 3.30. The Kier molecular flexibility index (Phi) is 14.0. The molecule has 1 aliphatic rings. The van der Waals surface area contributed by atoms with Crippen LogP contribution in [0, 0.1) is 0 Å². The van der Waals surface area contributed by atoms with Crippen LogP contribution in [0.3, 0.4) is 0 Å². The molecule has 1 saturated heterocycles. The summed E-state index contributed by atoms with van der Waals surface area (Å²) in [5.41, 5.74) is 5.94. The number of rotatable bonds is 12. The van der Waals surface area contributed by atoms with Gasteiger partial charge in [0.1, 0.15) is 0 Å². The number of unbranched alkanes of at least 4 members (excludes halogenated alkanes) is 5. The molecule has 1 fully saturated rings. The number of hydrogen-bond acceptors (Lipinski definition) is 5. The Bertz CT molecular complexity index is 519. The fourth-order valence-corrected chi connectivity index (χ4v) is 3.30. The lowest BCUT2D eigenvalue weighted by Crippen LogP contribution is -2.47. The summed E-state index contributed by atoms with van der Waals surface area (Å²) in [6.45, 7) is 9.10. The first-order valence-electron chi connectivity index (χ1n) is 10.6. The van der Waals surface area contributed by atoms with Crippen LogP contribution < -0.4 is 16.0 Å². The predicted molar refractivity (Wildman–Crippen MR) is 129 cm³/mol. The smallest absolute Gasteiger partial charge is 0.225 e. The highest BCUT2D eigenvalue weighted by Crippen LogP contribution is 2.09. The standard InChI is InChI=1S/C20H37N7.HI/c1-2-3-4-5-6-7-10-22-19(21)23-13-9-14-26-15-17-27(18-16-26)20-24-11-8-12-25-20;/h8,11-12H,2-7,9-10,13-18H2,1H3,(H3,21,22,23);1H. The number of piperazine rings is 1. The third-order valence-electron chi connectivity index (χ3n) is 4.96. The summed E-state index contributed by atoms with van der Waals surface area (Å²) in [4.78, 5) is 17.8. The topological polar surface area (TPSA) is 82.7 Å². The number of nitrogens with zero attached hydrogens (tertiary/aromatic N) is 5. The Hall–Kier alpha value is -1.16. The number of aliphatic imine (C=N–C) groups is 1. The van der Waals surface area contributed by atoms with E-state index >= 15 is 0 Å². The lowest BCUT2D eigenvalue weighted by molar-refractivity contribution is 0.255. The Balaban J connectivity index is 0.00000392. The van der Waals surface area contributed by atoms with Crippen molar-refractivity contribution < 1.29 is 0 Å². The van der Waals surface area contributed by atoms with E-state index in [1.54, 1.807) is 12.4 Å².